The topological polar surface area (TPSA) is 79.1 Å². The van der Waals surface area contributed by atoms with Gasteiger partial charge in [-0.3, -0.25) is 0 Å². The molecule has 80 valence electrons. The van der Waals surface area contributed by atoms with E-state index in [4.69, 9.17) is 15.1 Å². The van der Waals surface area contributed by atoms with Gasteiger partial charge >= 0.3 is 5.97 Å². The summed E-state index contributed by atoms with van der Waals surface area (Å²) < 4.78 is 5.10. The highest BCUT2D eigenvalue weighted by molar-refractivity contribution is 5.79. The first kappa shape index (κ1) is 11.0. The molecule has 0 heterocycles. The van der Waals surface area contributed by atoms with Crippen LogP contribution in [0, 0.1) is 0 Å². The van der Waals surface area contributed by atoms with Gasteiger partial charge in [0.15, 0.2) is 6.10 Å². The van der Waals surface area contributed by atoms with Gasteiger partial charge in [-0.05, 0) is 36.8 Å². The fourth-order valence-corrected chi connectivity index (χ4v) is 0.954. The molecule has 0 amide bonds. The van der Waals surface area contributed by atoms with Gasteiger partial charge in [-0.1, -0.05) is 5.16 Å². The Balaban J connectivity index is 2.68. The van der Waals surface area contributed by atoms with Gasteiger partial charge in [-0.2, -0.15) is 0 Å². The zero-order chi connectivity index (χ0) is 11.3. The van der Waals surface area contributed by atoms with E-state index in [2.05, 4.69) is 5.16 Å². The van der Waals surface area contributed by atoms with Gasteiger partial charge in [-0.25, -0.2) is 4.79 Å². The predicted octanol–water partition coefficient (Wildman–Crippen LogP) is 1.35. The summed E-state index contributed by atoms with van der Waals surface area (Å²) >= 11 is 0. The molecule has 1 atom stereocenters. The van der Waals surface area contributed by atoms with Gasteiger partial charge in [0.1, 0.15) is 5.75 Å². The third kappa shape index (κ3) is 3.30. The number of ether oxygens (including phenoxy) is 1. The van der Waals surface area contributed by atoms with E-state index in [-0.39, 0.29) is 0 Å². The van der Waals surface area contributed by atoms with Crippen molar-refractivity contribution in [2.24, 2.45) is 5.16 Å². The maximum absolute atomic E-state index is 10.5. The lowest BCUT2D eigenvalue weighted by molar-refractivity contribution is -0.144. The molecule has 0 radical (unpaired) electrons. The molecule has 1 rings (SSSR count). The Labute approximate surface area is 86.6 Å². The van der Waals surface area contributed by atoms with E-state index in [9.17, 15) is 4.79 Å². The minimum absolute atomic E-state index is 0.458. The maximum atomic E-state index is 10.5. The predicted molar refractivity (Wildman–Crippen MR) is 53.5 cm³/mol. The van der Waals surface area contributed by atoms with Gasteiger partial charge in [0.05, 0.1) is 6.21 Å². The Bertz CT molecular complexity index is 358. The summed E-state index contributed by atoms with van der Waals surface area (Å²) in [7, 11) is 0. The molecule has 15 heavy (non-hydrogen) atoms. The van der Waals surface area contributed by atoms with Crippen LogP contribution in [0.15, 0.2) is 29.4 Å². The molecule has 0 spiro atoms. The van der Waals surface area contributed by atoms with E-state index in [1.165, 1.54) is 13.1 Å². The summed E-state index contributed by atoms with van der Waals surface area (Å²) in [6.45, 7) is 1.45. The Kier molecular flexibility index (Phi) is 3.68. The van der Waals surface area contributed by atoms with E-state index in [1.807, 2.05) is 0 Å². The number of hydrogen-bond acceptors (Lipinski definition) is 4. The second kappa shape index (κ2) is 4.99. The smallest absolute Gasteiger partial charge is 0.344 e. The molecule has 0 bridgehead atoms. The Hall–Kier alpha value is -2.04. The number of carboxylic acid groups (broad SMARTS) is 1. The lowest BCUT2D eigenvalue weighted by Gasteiger charge is -2.09. The monoisotopic (exact) mass is 209 g/mol. The molecular formula is C10H11NO4. The fourth-order valence-electron chi connectivity index (χ4n) is 0.954. The van der Waals surface area contributed by atoms with E-state index in [1.54, 1.807) is 24.3 Å². The summed E-state index contributed by atoms with van der Waals surface area (Å²) in [4.78, 5) is 10.5. The molecule has 0 aliphatic rings. The first-order chi connectivity index (χ1) is 7.13. The standard InChI is InChI=1S/C10H11NO4/c1-7(10(12)13)15-9-4-2-8(3-5-9)6-11-14/h2-7,14H,1H3,(H,12,13)/t7-/m0/s1. The fraction of sp³-hybridized carbons (Fsp3) is 0.200. The number of hydrogen-bond donors (Lipinski definition) is 2. The number of oxime groups is 1. The lowest BCUT2D eigenvalue weighted by atomic mass is 10.2. The molecule has 0 aliphatic heterocycles. The quantitative estimate of drug-likeness (QED) is 0.445. The molecule has 0 saturated carbocycles. The van der Waals surface area contributed by atoms with Crippen molar-refractivity contribution in [2.45, 2.75) is 13.0 Å². The van der Waals surface area contributed by atoms with Gasteiger partial charge < -0.3 is 15.1 Å². The van der Waals surface area contributed by atoms with Crippen molar-refractivity contribution < 1.29 is 19.8 Å². The third-order valence-corrected chi connectivity index (χ3v) is 1.75. The molecule has 2 N–H and O–H groups in total. The molecule has 0 unspecified atom stereocenters. The normalized spacial score (nSPS) is 12.6. The Morgan fingerprint density at radius 3 is 2.53 bits per heavy atom. The molecule has 1 aromatic carbocycles. The van der Waals surface area contributed by atoms with Crippen molar-refractivity contribution in [2.75, 3.05) is 0 Å². The Morgan fingerprint density at radius 2 is 2.07 bits per heavy atom. The summed E-state index contributed by atoms with van der Waals surface area (Å²) in [5.74, 6) is -0.559. The van der Waals surface area contributed by atoms with Crippen molar-refractivity contribution in [3.63, 3.8) is 0 Å². The molecular weight excluding hydrogens is 198 g/mol. The summed E-state index contributed by atoms with van der Waals surface area (Å²) in [6, 6.07) is 6.53. The molecule has 0 aliphatic carbocycles. The van der Waals surface area contributed by atoms with Gasteiger partial charge in [0.2, 0.25) is 0 Å². The largest absolute Gasteiger partial charge is 0.479 e. The van der Waals surface area contributed by atoms with E-state index in [0.717, 1.165) is 0 Å². The van der Waals surface area contributed by atoms with Crippen LogP contribution in [0.4, 0.5) is 0 Å². The van der Waals surface area contributed by atoms with Crippen LogP contribution in [0.1, 0.15) is 12.5 Å². The molecule has 0 saturated heterocycles. The van der Waals surface area contributed by atoms with Gasteiger partial charge in [0.25, 0.3) is 0 Å². The number of aliphatic carboxylic acids is 1. The molecule has 0 fully saturated rings. The zero-order valence-electron chi connectivity index (χ0n) is 8.12. The van der Waals surface area contributed by atoms with Crippen LogP contribution in [0.2, 0.25) is 0 Å². The lowest BCUT2D eigenvalue weighted by Crippen LogP contribution is -2.22. The van der Waals surface area contributed by atoms with Crippen molar-refractivity contribution in [1.82, 2.24) is 0 Å². The minimum Gasteiger partial charge on any atom is -0.479 e. The van der Waals surface area contributed by atoms with Crippen LogP contribution in [0.3, 0.4) is 0 Å². The van der Waals surface area contributed by atoms with Crippen molar-refractivity contribution >= 4 is 12.2 Å². The number of benzene rings is 1. The zero-order valence-corrected chi connectivity index (χ0v) is 8.12. The average Bonchev–Trinajstić information content (AvgIpc) is 2.21. The second-order valence-electron chi connectivity index (χ2n) is 2.91. The third-order valence-electron chi connectivity index (χ3n) is 1.75. The van der Waals surface area contributed by atoms with E-state index < -0.39 is 12.1 Å². The SMILES string of the molecule is C[C@H](Oc1ccc(C=NO)cc1)C(=O)O. The average molecular weight is 209 g/mol. The van der Waals surface area contributed by atoms with Gasteiger partial charge in [0, 0.05) is 0 Å². The van der Waals surface area contributed by atoms with E-state index in [0.29, 0.717) is 11.3 Å². The van der Waals surface area contributed by atoms with Crippen molar-refractivity contribution in [3.8, 4) is 5.75 Å². The van der Waals surface area contributed by atoms with Gasteiger partial charge in [-0.15, -0.1) is 0 Å². The summed E-state index contributed by atoms with van der Waals surface area (Å²) in [5.41, 5.74) is 0.702. The van der Waals surface area contributed by atoms with Crippen LogP contribution in [0.5, 0.6) is 5.75 Å². The van der Waals surface area contributed by atoms with E-state index >= 15 is 0 Å². The van der Waals surface area contributed by atoms with Crippen LogP contribution in [-0.4, -0.2) is 28.6 Å². The highest BCUT2D eigenvalue weighted by Crippen LogP contribution is 2.12. The van der Waals surface area contributed by atoms with Crippen LogP contribution < -0.4 is 4.74 Å². The van der Waals surface area contributed by atoms with Crippen molar-refractivity contribution in [1.29, 1.82) is 0 Å². The van der Waals surface area contributed by atoms with Crippen LogP contribution in [0.25, 0.3) is 0 Å². The molecule has 0 aromatic heterocycles. The highest BCUT2D eigenvalue weighted by atomic mass is 16.5. The Morgan fingerprint density at radius 1 is 1.47 bits per heavy atom. The molecule has 1 aromatic rings. The number of nitrogens with zero attached hydrogens (tertiary/aromatic N) is 1. The highest BCUT2D eigenvalue weighted by Gasteiger charge is 2.11. The first-order valence-electron chi connectivity index (χ1n) is 4.30. The number of carboxylic acids is 1. The van der Waals surface area contributed by atoms with Crippen LogP contribution in [-0.2, 0) is 4.79 Å². The summed E-state index contributed by atoms with van der Waals surface area (Å²) in [5, 5.41) is 19.7. The molecule has 5 heteroatoms. The first-order valence-corrected chi connectivity index (χ1v) is 4.30. The number of carbonyl (C=O) groups is 1. The second-order valence-corrected chi connectivity index (χ2v) is 2.91. The van der Waals surface area contributed by atoms with Crippen molar-refractivity contribution in [3.05, 3.63) is 29.8 Å². The van der Waals surface area contributed by atoms with Crippen LogP contribution >= 0.6 is 0 Å². The maximum Gasteiger partial charge on any atom is 0.344 e. The number of rotatable bonds is 4. The summed E-state index contributed by atoms with van der Waals surface area (Å²) in [6.07, 6.45) is 0.382. The molecule has 5 nitrogen and oxygen atoms in total. The minimum atomic E-state index is -1.02.